The van der Waals surface area contributed by atoms with E-state index in [1.807, 2.05) is 25.1 Å². The van der Waals surface area contributed by atoms with Gasteiger partial charge in [0.2, 0.25) is 5.91 Å². The highest BCUT2D eigenvalue weighted by Crippen LogP contribution is 2.36. The summed E-state index contributed by atoms with van der Waals surface area (Å²) < 4.78 is 0. The summed E-state index contributed by atoms with van der Waals surface area (Å²) >= 11 is 6.14. The summed E-state index contributed by atoms with van der Waals surface area (Å²) in [5.41, 5.74) is 1.82. The second-order valence-corrected chi connectivity index (χ2v) is 8.21. The number of benzene rings is 1. The van der Waals surface area contributed by atoms with Crippen LogP contribution in [0.4, 0.5) is 23.0 Å². The molecule has 7 nitrogen and oxygen atoms in total. The van der Waals surface area contributed by atoms with E-state index in [9.17, 15) is 4.79 Å². The van der Waals surface area contributed by atoms with Gasteiger partial charge in [0, 0.05) is 36.9 Å². The molecule has 0 aliphatic carbocycles. The first-order valence-corrected chi connectivity index (χ1v) is 10.6. The second-order valence-electron chi connectivity index (χ2n) is 7.77. The summed E-state index contributed by atoms with van der Waals surface area (Å²) in [5, 5.41) is 7.16. The van der Waals surface area contributed by atoms with Gasteiger partial charge in [-0.3, -0.25) is 4.79 Å². The lowest BCUT2D eigenvalue weighted by atomic mass is 9.97. The monoisotopic (exact) mass is 414 g/mol. The number of rotatable bonds is 4. The Hall–Kier alpha value is -2.54. The number of carbonyl (C=O) groups is 1. The highest BCUT2D eigenvalue weighted by molar-refractivity contribution is 6.30. The number of carbonyl (C=O) groups excluding carboxylic acids is 1. The summed E-state index contributed by atoms with van der Waals surface area (Å²) in [6.07, 6.45) is 0.919. The number of piperazine rings is 1. The van der Waals surface area contributed by atoms with E-state index >= 15 is 0 Å². The molecule has 0 radical (unpaired) electrons. The molecule has 2 aromatic rings. The topological polar surface area (TPSA) is 73.4 Å². The van der Waals surface area contributed by atoms with Crippen molar-refractivity contribution >= 4 is 40.5 Å². The lowest BCUT2D eigenvalue weighted by Gasteiger charge is -2.38. The Morgan fingerprint density at radius 3 is 2.62 bits per heavy atom. The van der Waals surface area contributed by atoms with Gasteiger partial charge in [-0.2, -0.15) is 0 Å². The van der Waals surface area contributed by atoms with Gasteiger partial charge in [-0.1, -0.05) is 37.9 Å². The fourth-order valence-corrected chi connectivity index (χ4v) is 4.09. The minimum Gasteiger partial charge on any atom is -0.368 e. The molecule has 2 N–H and O–H groups in total. The molecule has 1 amide bonds. The highest BCUT2D eigenvalue weighted by Gasteiger charge is 2.33. The van der Waals surface area contributed by atoms with Crippen LogP contribution in [0.25, 0.3) is 0 Å². The molecule has 0 bridgehead atoms. The van der Waals surface area contributed by atoms with Crippen molar-refractivity contribution in [2.45, 2.75) is 33.2 Å². The van der Waals surface area contributed by atoms with Crippen LogP contribution < -0.4 is 20.4 Å². The third kappa shape index (κ3) is 3.96. The number of nitrogens with one attached hydrogen (secondary N) is 2. The van der Waals surface area contributed by atoms with Gasteiger partial charge < -0.3 is 20.4 Å². The van der Waals surface area contributed by atoms with E-state index in [4.69, 9.17) is 11.6 Å². The average Bonchev–Trinajstić information content (AvgIpc) is 2.72. The fourth-order valence-electron chi connectivity index (χ4n) is 3.91. The predicted molar refractivity (Wildman–Crippen MR) is 118 cm³/mol. The summed E-state index contributed by atoms with van der Waals surface area (Å²) in [4.78, 5) is 26.4. The molecule has 29 heavy (non-hydrogen) atoms. The molecular weight excluding hydrogens is 388 g/mol. The Labute approximate surface area is 176 Å². The Morgan fingerprint density at radius 1 is 1.21 bits per heavy atom. The normalized spacial score (nSPS) is 20.0. The van der Waals surface area contributed by atoms with Crippen molar-refractivity contribution in [3.05, 3.63) is 35.1 Å². The van der Waals surface area contributed by atoms with E-state index in [2.05, 4.69) is 50.3 Å². The van der Waals surface area contributed by atoms with E-state index in [1.165, 1.54) is 0 Å². The molecule has 3 heterocycles. The first-order valence-electron chi connectivity index (χ1n) is 10.2. The van der Waals surface area contributed by atoms with Gasteiger partial charge >= 0.3 is 0 Å². The Bertz CT molecular complexity index is 912. The van der Waals surface area contributed by atoms with E-state index in [1.54, 1.807) is 0 Å². The molecule has 8 heteroatoms. The molecule has 0 saturated carbocycles. The molecule has 0 spiro atoms. The van der Waals surface area contributed by atoms with Gasteiger partial charge in [0.25, 0.3) is 0 Å². The van der Waals surface area contributed by atoms with Crippen LogP contribution in [0.1, 0.15) is 26.1 Å². The molecule has 1 saturated heterocycles. The number of aryl methyl sites for hydroxylation is 1. The first kappa shape index (κ1) is 19.8. The van der Waals surface area contributed by atoms with Crippen molar-refractivity contribution < 1.29 is 4.79 Å². The van der Waals surface area contributed by atoms with Gasteiger partial charge in [0.05, 0.1) is 0 Å². The van der Waals surface area contributed by atoms with Crippen LogP contribution in [0.15, 0.2) is 24.3 Å². The summed E-state index contributed by atoms with van der Waals surface area (Å²) in [6, 6.07) is 7.67. The number of fused-ring (bicyclic) bond motifs is 1. The predicted octanol–water partition coefficient (Wildman–Crippen LogP) is 3.54. The molecule has 2 atom stereocenters. The van der Waals surface area contributed by atoms with Crippen molar-refractivity contribution in [2.75, 3.05) is 46.6 Å². The van der Waals surface area contributed by atoms with Crippen molar-refractivity contribution in [2.24, 2.45) is 5.92 Å². The van der Waals surface area contributed by atoms with Crippen molar-refractivity contribution in [1.29, 1.82) is 0 Å². The Kier molecular flexibility index (Phi) is 5.50. The van der Waals surface area contributed by atoms with E-state index in [0.29, 0.717) is 11.5 Å². The number of nitrogens with zero attached hydrogens (tertiary/aromatic N) is 4. The van der Waals surface area contributed by atoms with Crippen molar-refractivity contribution in [3.8, 4) is 0 Å². The minimum absolute atomic E-state index is 0.0156. The highest BCUT2D eigenvalue weighted by atomic mass is 35.5. The zero-order valence-electron chi connectivity index (χ0n) is 17.1. The zero-order chi connectivity index (χ0) is 20.5. The molecular formula is C21H27ClN6O. The van der Waals surface area contributed by atoms with Gasteiger partial charge in [0.15, 0.2) is 11.6 Å². The SMILES string of the molecule is CCC(C)C1Nc2nc(C)nc(N3CCN(c4cccc(Cl)c4)CC3)c2NC1=O. The van der Waals surface area contributed by atoms with Crippen LogP contribution in [-0.4, -0.2) is 48.1 Å². The van der Waals surface area contributed by atoms with Crippen LogP contribution in [0.3, 0.4) is 0 Å². The first-order chi connectivity index (χ1) is 14.0. The molecule has 4 rings (SSSR count). The number of halogens is 1. The average molecular weight is 415 g/mol. The Balaban J connectivity index is 1.55. The smallest absolute Gasteiger partial charge is 0.247 e. The number of aromatic nitrogens is 2. The number of anilines is 4. The maximum atomic E-state index is 12.7. The zero-order valence-corrected chi connectivity index (χ0v) is 17.8. The maximum Gasteiger partial charge on any atom is 0.247 e. The van der Waals surface area contributed by atoms with Crippen LogP contribution in [0, 0.1) is 12.8 Å². The van der Waals surface area contributed by atoms with E-state index in [-0.39, 0.29) is 17.9 Å². The third-order valence-electron chi connectivity index (χ3n) is 5.79. The van der Waals surface area contributed by atoms with Crippen LogP contribution in [0.2, 0.25) is 5.02 Å². The minimum atomic E-state index is -0.269. The number of hydrogen-bond acceptors (Lipinski definition) is 6. The molecule has 154 valence electrons. The molecule has 1 aromatic heterocycles. The third-order valence-corrected chi connectivity index (χ3v) is 6.03. The van der Waals surface area contributed by atoms with Crippen LogP contribution in [0.5, 0.6) is 0 Å². The number of hydrogen-bond donors (Lipinski definition) is 2. The van der Waals surface area contributed by atoms with Gasteiger partial charge in [-0.05, 0) is 31.0 Å². The van der Waals surface area contributed by atoms with E-state index in [0.717, 1.165) is 54.9 Å². The summed E-state index contributed by atoms with van der Waals surface area (Å²) in [6.45, 7) is 9.38. The standard InChI is InChI=1S/C21H27ClN6O/c1-4-13(2)17-21(29)26-18-19(25-17)23-14(3)24-20(18)28-10-8-27(9-11-28)16-7-5-6-15(22)12-16/h5-7,12-13,17H,4,8-11H2,1-3H3,(H,26,29)(H,23,24,25). The van der Waals surface area contributed by atoms with Crippen molar-refractivity contribution in [1.82, 2.24) is 9.97 Å². The second kappa shape index (κ2) is 8.06. The largest absolute Gasteiger partial charge is 0.368 e. The van der Waals surface area contributed by atoms with Gasteiger partial charge in [-0.25, -0.2) is 9.97 Å². The Morgan fingerprint density at radius 2 is 1.93 bits per heavy atom. The summed E-state index contributed by atoms with van der Waals surface area (Å²) in [7, 11) is 0. The van der Waals surface area contributed by atoms with Gasteiger partial charge in [0.1, 0.15) is 17.6 Å². The molecule has 2 aliphatic heterocycles. The molecule has 1 fully saturated rings. The molecule has 1 aromatic carbocycles. The maximum absolute atomic E-state index is 12.7. The fraction of sp³-hybridized carbons (Fsp3) is 0.476. The lowest BCUT2D eigenvalue weighted by Crippen LogP contribution is -2.48. The van der Waals surface area contributed by atoms with Crippen LogP contribution >= 0.6 is 11.6 Å². The molecule has 2 unspecified atom stereocenters. The lowest BCUT2D eigenvalue weighted by molar-refractivity contribution is -0.118. The van der Waals surface area contributed by atoms with E-state index < -0.39 is 0 Å². The quantitative estimate of drug-likeness (QED) is 0.797. The van der Waals surface area contributed by atoms with Crippen molar-refractivity contribution in [3.63, 3.8) is 0 Å². The molecule has 2 aliphatic rings. The number of amides is 1. The van der Waals surface area contributed by atoms with Gasteiger partial charge in [-0.15, -0.1) is 0 Å². The summed E-state index contributed by atoms with van der Waals surface area (Å²) in [5.74, 6) is 2.42. The van der Waals surface area contributed by atoms with Crippen LogP contribution in [-0.2, 0) is 4.79 Å².